The van der Waals surface area contributed by atoms with Crippen molar-refractivity contribution in [2.24, 2.45) is 0 Å². The summed E-state index contributed by atoms with van der Waals surface area (Å²) in [6, 6.07) is 4.81. The summed E-state index contributed by atoms with van der Waals surface area (Å²) in [6.07, 6.45) is 0.371. The molecular weight excluding hydrogens is 390 g/mol. The summed E-state index contributed by atoms with van der Waals surface area (Å²) in [5.41, 5.74) is -1.35. The molecule has 9 nitrogen and oxygen atoms in total. The van der Waals surface area contributed by atoms with Gasteiger partial charge < -0.3 is 18.9 Å². The first-order valence-corrected chi connectivity index (χ1v) is 10.1. The number of carbonyl (C=O) groups excluding carboxylic acids is 2. The molecule has 0 radical (unpaired) electrons. The molecule has 1 fully saturated rings. The van der Waals surface area contributed by atoms with Crippen LogP contribution in [0.5, 0.6) is 11.5 Å². The molecule has 1 aromatic carbocycles. The molecule has 0 amide bonds. The largest absolute Gasteiger partial charge is 0.497 e. The molecule has 2 aliphatic heterocycles. The fourth-order valence-electron chi connectivity index (χ4n) is 3.23. The molecular formula is C18H21NO8S. The van der Waals surface area contributed by atoms with Crippen LogP contribution in [-0.4, -0.2) is 51.0 Å². The molecule has 0 spiro atoms. The molecule has 1 saturated heterocycles. The van der Waals surface area contributed by atoms with Crippen molar-refractivity contribution in [1.29, 1.82) is 0 Å². The second-order valence-electron chi connectivity index (χ2n) is 6.50. The lowest BCUT2D eigenvalue weighted by atomic mass is 9.90. The number of rotatable bonds is 5. The molecule has 28 heavy (non-hydrogen) atoms. The fourth-order valence-corrected chi connectivity index (χ4v) is 4.72. The molecule has 0 aromatic heterocycles. The second kappa shape index (κ2) is 7.01. The Morgan fingerprint density at radius 3 is 2.50 bits per heavy atom. The maximum Gasteiger partial charge on any atom is 0.308 e. The third-order valence-corrected chi connectivity index (χ3v) is 6.45. The van der Waals surface area contributed by atoms with Gasteiger partial charge in [0.2, 0.25) is 21.4 Å². The van der Waals surface area contributed by atoms with Crippen LogP contribution in [0, 0.1) is 0 Å². The van der Waals surface area contributed by atoms with Crippen LogP contribution in [0.4, 0.5) is 0 Å². The van der Waals surface area contributed by atoms with Crippen molar-refractivity contribution in [3.05, 3.63) is 35.4 Å². The zero-order valence-corrected chi connectivity index (χ0v) is 16.8. The minimum absolute atomic E-state index is 0.0827. The number of hydrogen-bond donors (Lipinski definition) is 0. The molecule has 2 aliphatic rings. The number of esters is 1. The van der Waals surface area contributed by atoms with Crippen molar-refractivity contribution in [2.45, 2.75) is 25.9 Å². The quantitative estimate of drug-likeness (QED) is 0.667. The van der Waals surface area contributed by atoms with Crippen molar-refractivity contribution in [1.82, 2.24) is 4.31 Å². The monoisotopic (exact) mass is 411 g/mol. The van der Waals surface area contributed by atoms with Gasteiger partial charge >= 0.3 is 5.97 Å². The number of nitrogens with zero attached hydrogens (tertiary/aromatic N) is 1. The number of hydrogen-bond acceptors (Lipinski definition) is 8. The molecule has 3 rings (SSSR count). The third-order valence-electron chi connectivity index (χ3n) is 4.63. The predicted octanol–water partition coefficient (Wildman–Crippen LogP) is 1.29. The lowest BCUT2D eigenvalue weighted by Crippen LogP contribution is -2.33. The van der Waals surface area contributed by atoms with Crippen molar-refractivity contribution in [2.75, 3.05) is 26.5 Å². The number of sulfonamides is 1. The Hall–Kier alpha value is -2.75. The van der Waals surface area contributed by atoms with Crippen LogP contribution in [0.1, 0.15) is 25.8 Å². The number of benzene rings is 1. The second-order valence-corrected chi connectivity index (χ2v) is 8.51. The van der Waals surface area contributed by atoms with Crippen LogP contribution in [0.2, 0.25) is 0 Å². The van der Waals surface area contributed by atoms with Crippen LogP contribution >= 0.6 is 0 Å². The molecule has 1 atom stereocenters. The van der Waals surface area contributed by atoms with Gasteiger partial charge in [-0.1, -0.05) is 0 Å². The van der Waals surface area contributed by atoms with E-state index in [-0.39, 0.29) is 18.2 Å². The highest BCUT2D eigenvalue weighted by Gasteiger charge is 2.54. The van der Waals surface area contributed by atoms with E-state index in [0.29, 0.717) is 23.5 Å². The van der Waals surface area contributed by atoms with Crippen LogP contribution < -0.4 is 9.47 Å². The number of methoxy groups -OCH3 is 2. The summed E-state index contributed by atoms with van der Waals surface area (Å²) in [5, 5.41) is 0. The van der Waals surface area contributed by atoms with E-state index in [9.17, 15) is 18.0 Å². The van der Waals surface area contributed by atoms with Crippen LogP contribution in [0.15, 0.2) is 29.8 Å². The SMILES string of the molecule is COc1ccc(OC)c(C2(C)OC(N3CCCS3(=O)=O)=C(OC(C)=O)C2=O)c1. The summed E-state index contributed by atoms with van der Waals surface area (Å²) < 4.78 is 47.2. The molecule has 0 aliphatic carbocycles. The van der Waals surface area contributed by atoms with Gasteiger partial charge in [0.1, 0.15) is 11.5 Å². The highest BCUT2D eigenvalue weighted by molar-refractivity contribution is 7.89. The van der Waals surface area contributed by atoms with Gasteiger partial charge in [0.15, 0.2) is 0 Å². The molecule has 0 bridgehead atoms. The van der Waals surface area contributed by atoms with E-state index in [1.165, 1.54) is 21.1 Å². The molecule has 1 aromatic rings. The van der Waals surface area contributed by atoms with Crippen LogP contribution in [0.25, 0.3) is 0 Å². The van der Waals surface area contributed by atoms with Gasteiger partial charge in [0.05, 0.1) is 20.0 Å². The normalized spacial score (nSPS) is 23.6. The zero-order valence-electron chi connectivity index (χ0n) is 16.0. The number of Topliss-reactive ketones (excluding diaryl/α,β-unsaturated/α-hetero) is 1. The highest BCUT2D eigenvalue weighted by Crippen LogP contribution is 2.45. The average molecular weight is 411 g/mol. The Kier molecular flexibility index (Phi) is 5.00. The Bertz CT molecular complexity index is 968. The Morgan fingerprint density at radius 2 is 1.96 bits per heavy atom. The first-order chi connectivity index (χ1) is 13.1. The van der Waals surface area contributed by atoms with Gasteiger partial charge in [-0.25, -0.2) is 12.7 Å². The van der Waals surface area contributed by atoms with Gasteiger partial charge in [0, 0.05) is 19.0 Å². The van der Waals surface area contributed by atoms with E-state index in [1.807, 2.05) is 0 Å². The molecule has 152 valence electrons. The maximum atomic E-state index is 13.2. The van der Waals surface area contributed by atoms with Crippen molar-refractivity contribution in [3.63, 3.8) is 0 Å². The van der Waals surface area contributed by atoms with Crippen molar-refractivity contribution < 1.29 is 37.0 Å². The summed E-state index contributed by atoms with van der Waals surface area (Å²) >= 11 is 0. The van der Waals surface area contributed by atoms with Gasteiger partial charge in [-0.05, 0) is 31.5 Å². The molecule has 0 saturated carbocycles. The van der Waals surface area contributed by atoms with Gasteiger partial charge in [-0.15, -0.1) is 0 Å². The molecule has 2 heterocycles. The first kappa shape index (κ1) is 20.0. The van der Waals surface area contributed by atoms with Crippen LogP contribution in [-0.2, 0) is 34.7 Å². The van der Waals surface area contributed by atoms with Crippen molar-refractivity contribution >= 4 is 21.8 Å². The molecule has 10 heteroatoms. The van der Waals surface area contributed by atoms with E-state index in [1.54, 1.807) is 18.2 Å². The van der Waals surface area contributed by atoms with Crippen molar-refractivity contribution in [3.8, 4) is 11.5 Å². The first-order valence-electron chi connectivity index (χ1n) is 8.53. The Labute approximate surface area is 162 Å². The summed E-state index contributed by atoms with van der Waals surface area (Å²) in [5.74, 6) is -1.47. The van der Waals surface area contributed by atoms with E-state index in [0.717, 1.165) is 11.2 Å². The average Bonchev–Trinajstić information content (AvgIpc) is 3.12. The molecule has 1 unspecified atom stereocenters. The van der Waals surface area contributed by atoms with E-state index >= 15 is 0 Å². The number of ketones is 1. The van der Waals surface area contributed by atoms with Gasteiger partial charge in [-0.2, -0.15) is 0 Å². The smallest absolute Gasteiger partial charge is 0.308 e. The van der Waals surface area contributed by atoms with Crippen LogP contribution in [0.3, 0.4) is 0 Å². The lowest BCUT2D eigenvalue weighted by Gasteiger charge is -2.27. The number of carbonyl (C=O) groups is 2. The summed E-state index contributed by atoms with van der Waals surface area (Å²) in [6.45, 7) is 2.71. The fraction of sp³-hybridized carbons (Fsp3) is 0.444. The van der Waals surface area contributed by atoms with Gasteiger partial charge in [0.25, 0.3) is 11.7 Å². The summed E-state index contributed by atoms with van der Waals surface area (Å²) in [7, 11) is -0.773. The van der Waals surface area contributed by atoms with E-state index < -0.39 is 33.1 Å². The Morgan fingerprint density at radius 1 is 1.25 bits per heavy atom. The zero-order chi connectivity index (χ0) is 20.7. The van der Waals surface area contributed by atoms with E-state index in [4.69, 9.17) is 18.9 Å². The summed E-state index contributed by atoms with van der Waals surface area (Å²) in [4.78, 5) is 24.8. The highest BCUT2D eigenvalue weighted by atomic mass is 32.2. The molecule has 0 N–H and O–H groups in total. The third kappa shape index (κ3) is 3.17. The minimum Gasteiger partial charge on any atom is -0.497 e. The minimum atomic E-state index is -3.67. The Balaban J connectivity index is 2.14. The predicted molar refractivity (Wildman–Crippen MR) is 96.9 cm³/mol. The standard InChI is InChI=1S/C18H21NO8S/c1-11(20)26-15-16(21)18(2,13-10-12(24-3)6-7-14(13)25-4)27-17(15)19-8-5-9-28(19,22)23/h6-7,10H,5,8-9H2,1-4H3. The maximum absolute atomic E-state index is 13.2. The lowest BCUT2D eigenvalue weighted by molar-refractivity contribution is -0.142. The van der Waals surface area contributed by atoms with Gasteiger partial charge in [-0.3, -0.25) is 9.59 Å². The number of ether oxygens (including phenoxy) is 4. The topological polar surface area (TPSA) is 108 Å². The van der Waals surface area contributed by atoms with E-state index in [2.05, 4.69) is 0 Å².